The van der Waals surface area contributed by atoms with Gasteiger partial charge in [-0.15, -0.1) is 0 Å². The second-order valence-corrected chi connectivity index (χ2v) is 5.56. The third-order valence-electron chi connectivity index (χ3n) is 3.91. The normalized spacial score (nSPS) is 11.1. The molecule has 0 N–H and O–H groups in total. The Kier molecular flexibility index (Phi) is 3.98. The number of benzene rings is 2. The summed E-state index contributed by atoms with van der Waals surface area (Å²) in [6.07, 6.45) is 0.707. The Labute approximate surface area is 145 Å². The summed E-state index contributed by atoms with van der Waals surface area (Å²) in [4.78, 5) is 9.16. The average Bonchev–Trinajstić information content (AvgIpc) is 3.02. The van der Waals surface area contributed by atoms with Gasteiger partial charge in [0.05, 0.1) is 6.61 Å². The van der Waals surface area contributed by atoms with Gasteiger partial charge in [-0.1, -0.05) is 31.2 Å². The summed E-state index contributed by atoms with van der Waals surface area (Å²) >= 11 is 0. The molecule has 0 bridgehead atoms. The summed E-state index contributed by atoms with van der Waals surface area (Å²) in [6.45, 7) is 4.51. The maximum Gasteiger partial charge on any atom is 0.267 e. The van der Waals surface area contributed by atoms with E-state index in [1.54, 1.807) is 0 Å². The molecule has 25 heavy (non-hydrogen) atoms. The smallest absolute Gasteiger partial charge is 0.267 e. The van der Waals surface area contributed by atoms with E-state index in [4.69, 9.17) is 13.9 Å². The minimum Gasteiger partial charge on any atom is -0.490 e. The minimum absolute atomic E-state index is 0.408. The predicted octanol–water partition coefficient (Wildman–Crippen LogP) is 5.13. The van der Waals surface area contributed by atoms with Gasteiger partial charge in [-0.25, -0.2) is 4.98 Å². The maximum absolute atomic E-state index is 6.08. The molecule has 0 aliphatic carbocycles. The fourth-order valence-corrected chi connectivity index (χ4v) is 2.75. The monoisotopic (exact) mass is 334 g/mol. The first-order valence-electron chi connectivity index (χ1n) is 8.38. The third kappa shape index (κ3) is 2.78. The molecular weight excluding hydrogens is 316 g/mol. The van der Waals surface area contributed by atoms with E-state index in [0.717, 1.165) is 16.5 Å². The number of rotatable bonds is 5. The van der Waals surface area contributed by atoms with Crippen LogP contribution in [-0.2, 0) is 6.42 Å². The summed E-state index contributed by atoms with van der Waals surface area (Å²) in [7, 11) is 0. The molecule has 0 saturated carbocycles. The quantitative estimate of drug-likeness (QED) is 0.506. The predicted molar refractivity (Wildman–Crippen MR) is 96.4 cm³/mol. The number of furan rings is 1. The van der Waals surface area contributed by atoms with Gasteiger partial charge in [-0.2, -0.15) is 4.98 Å². The zero-order valence-electron chi connectivity index (χ0n) is 14.2. The van der Waals surface area contributed by atoms with Crippen LogP contribution in [0, 0.1) is 0 Å². The highest BCUT2D eigenvalue weighted by molar-refractivity contribution is 6.03. The van der Waals surface area contributed by atoms with Gasteiger partial charge >= 0.3 is 0 Å². The van der Waals surface area contributed by atoms with Crippen molar-refractivity contribution < 1.29 is 13.9 Å². The molecule has 4 aromatic rings. The number of aryl methyl sites for hydroxylation is 1. The molecule has 2 aromatic carbocycles. The number of nitrogens with zero attached hydrogens (tertiary/aromatic N) is 2. The van der Waals surface area contributed by atoms with E-state index in [0.29, 0.717) is 41.8 Å². The molecule has 0 amide bonds. The Balaban J connectivity index is 1.89. The van der Waals surface area contributed by atoms with Crippen molar-refractivity contribution in [3.05, 3.63) is 54.4 Å². The summed E-state index contributed by atoms with van der Waals surface area (Å²) < 4.78 is 17.7. The van der Waals surface area contributed by atoms with E-state index in [1.807, 2.05) is 62.4 Å². The third-order valence-corrected chi connectivity index (χ3v) is 3.91. The van der Waals surface area contributed by atoms with Crippen LogP contribution in [-0.4, -0.2) is 16.6 Å². The molecular formula is C20H18N2O3. The molecule has 4 rings (SSSR count). The minimum atomic E-state index is 0.408. The molecule has 2 heterocycles. The van der Waals surface area contributed by atoms with E-state index in [9.17, 15) is 0 Å². The number of ether oxygens (including phenoxy) is 2. The molecule has 2 aromatic heterocycles. The van der Waals surface area contributed by atoms with Crippen molar-refractivity contribution >= 4 is 22.1 Å². The van der Waals surface area contributed by atoms with Crippen LogP contribution in [0.25, 0.3) is 22.1 Å². The Morgan fingerprint density at radius 2 is 1.68 bits per heavy atom. The second-order valence-electron chi connectivity index (χ2n) is 5.56. The van der Waals surface area contributed by atoms with E-state index < -0.39 is 0 Å². The Bertz CT molecular complexity index is 1040. The highest BCUT2D eigenvalue weighted by atomic mass is 16.5. The average molecular weight is 334 g/mol. The van der Waals surface area contributed by atoms with Gasteiger partial charge in [0.15, 0.2) is 11.5 Å². The van der Waals surface area contributed by atoms with Crippen LogP contribution in [0.3, 0.4) is 0 Å². The summed E-state index contributed by atoms with van der Waals surface area (Å²) in [6, 6.07) is 15.3. The topological polar surface area (TPSA) is 57.4 Å². The van der Waals surface area contributed by atoms with Crippen LogP contribution in [0.5, 0.6) is 17.4 Å². The molecule has 5 heteroatoms. The fourth-order valence-electron chi connectivity index (χ4n) is 2.75. The van der Waals surface area contributed by atoms with Crippen molar-refractivity contribution in [1.82, 2.24) is 9.97 Å². The van der Waals surface area contributed by atoms with Gasteiger partial charge in [0.2, 0.25) is 5.58 Å². The van der Waals surface area contributed by atoms with Crippen molar-refractivity contribution in [2.24, 2.45) is 0 Å². The second kappa shape index (κ2) is 6.43. The summed E-state index contributed by atoms with van der Waals surface area (Å²) in [5.41, 5.74) is 2.08. The summed E-state index contributed by atoms with van der Waals surface area (Å²) in [5, 5.41) is 0.956. The van der Waals surface area contributed by atoms with Crippen molar-refractivity contribution in [3.63, 3.8) is 0 Å². The molecule has 0 spiro atoms. The standard InChI is InChI=1S/C20H18N2O3/c1-3-17-21-18-13-9-5-6-10-14(13)24-19(18)20(22-17)25-16-12-8-7-11-15(16)23-4-2/h5-12H,3-4H2,1-2H3. The van der Waals surface area contributed by atoms with Gasteiger partial charge in [-0.3, -0.25) is 0 Å². The van der Waals surface area contributed by atoms with Crippen molar-refractivity contribution in [2.45, 2.75) is 20.3 Å². The van der Waals surface area contributed by atoms with Crippen LogP contribution in [0.15, 0.2) is 52.9 Å². The molecule has 0 radical (unpaired) electrons. The highest BCUT2D eigenvalue weighted by Crippen LogP contribution is 2.37. The summed E-state index contributed by atoms with van der Waals surface area (Å²) in [5.74, 6) is 2.39. The SMILES string of the molecule is CCOc1ccccc1Oc1nc(CC)nc2c1oc1ccccc12. The molecule has 0 unspecified atom stereocenters. The number of hydrogen-bond acceptors (Lipinski definition) is 5. The number of hydrogen-bond donors (Lipinski definition) is 0. The van der Waals surface area contributed by atoms with Crippen LogP contribution >= 0.6 is 0 Å². The molecule has 0 saturated heterocycles. The van der Waals surface area contributed by atoms with Crippen LogP contribution in [0.2, 0.25) is 0 Å². The first-order chi connectivity index (χ1) is 12.3. The lowest BCUT2D eigenvalue weighted by Crippen LogP contribution is -1.99. The zero-order valence-corrected chi connectivity index (χ0v) is 14.2. The van der Waals surface area contributed by atoms with E-state index in [-0.39, 0.29) is 0 Å². The van der Waals surface area contributed by atoms with Gasteiger partial charge in [0, 0.05) is 11.8 Å². The molecule has 0 fully saturated rings. The van der Waals surface area contributed by atoms with Gasteiger partial charge < -0.3 is 13.9 Å². The zero-order chi connectivity index (χ0) is 17.2. The maximum atomic E-state index is 6.08. The first kappa shape index (κ1) is 15.4. The molecule has 5 nitrogen and oxygen atoms in total. The molecule has 0 aliphatic heterocycles. The highest BCUT2D eigenvalue weighted by Gasteiger charge is 2.18. The van der Waals surface area contributed by atoms with Gasteiger partial charge in [0.1, 0.15) is 16.9 Å². The number of para-hydroxylation sites is 3. The molecule has 0 aliphatic rings. The van der Waals surface area contributed by atoms with Crippen LogP contribution in [0.1, 0.15) is 19.7 Å². The number of aromatic nitrogens is 2. The number of fused-ring (bicyclic) bond motifs is 3. The molecule has 126 valence electrons. The lowest BCUT2D eigenvalue weighted by atomic mass is 10.2. The van der Waals surface area contributed by atoms with Crippen molar-refractivity contribution in [3.8, 4) is 17.4 Å². The Hall–Kier alpha value is -3.08. The first-order valence-corrected chi connectivity index (χ1v) is 8.38. The van der Waals surface area contributed by atoms with Crippen molar-refractivity contribution in [2.75, 3.05) is 6.61 Å². The molecule has 0 atom stereocenters. The fraction of sp³-hybridized carbons (Fsp3) is 0.200. The van der Waals surface area contributed by atoms with E-state index in [2.05, 4.69) is 9.97 Å². The van der Waals surface area contributed by atoms with E-state index in [1.165, 1.54) is 0 Å². The van der Waals surface area contributed by atoms with Crippen molar-refractivity contribution in [1.29, 1.82) is 0 Å². The van der Waals surface area contributed by atoms with Gasteiger partial charge in [-0.05, 0) is 31.2 Å². The van der Waals surface area contributed by atoms with Gasteiger partial charge in [0.25, 0.3) is 5.88 Å². The van der Waals surface area contributed by atoms with E-state index >= 15 is 0 Å². The Morgan fingerprint density at radius 1 is 0.920 bits per heavy atom. The lowest BCUT2D eigenvalue weighted by molar-refractivity contribution is 0.319. The largest absolute Gasteiger partial charge is 0.490 e. The lowest BCUT2D eigenvalue weighted by Gasteiger charge is -2.11. The van der Waals surface area contributed by atoms with Crippen LogP contribution < -0.4 is 9.47 Å². The Morgan fingerprint density at radius 3 is 2.48 bits per heavy atom. The van der Waals surface area contributed by atoms with Crippen LogP contribution in [0.4, 0.5) is 0 Å².